The summed E-state index contributed by atoms with van der Waals surface area (Å²) >= 11 is 0. The van der Waals surface area contributed by atoms with Crippen LogP contribution >= 0.6 is 0 Å². The van der Waals surface area contributed by atoms with Gasteiger partial charge in [0.25, 0.3) is 0 Å². The Hall–Kier alpha value is -0.960. The second-order valence-corrected chi connectivity index (χ2v) is 8.73. The zero-order valence-electron chi connectivity index (χ0n) is 12.5. The van der Waals surface area contributed by atoms with E-state index in [1.54, 1.807) is 0 Å². The number of nitrogens with one attached hydrogen (secondary N) is 2. The van der Waals surface area contributed by atoms with E-state index in [9.17, 15) is 16.8 Å². The van der Waals surface area contributed by atoms with E-state index in [4.69, 9.17) is 0 Å². The second kappa shape index (κ2) is 7.35. The van der Waals surface area contributed by atoms with Crippen molar-refractivity contribution in [3.05, 3.63) is 24.3 Å². The van der Waals surface area contributed by atoms with E-state index in [-0.39, 0.29) is 28.1 Å². The molecule has 0 saturated carbocycles. The first kappa shape index (κ1) is 18.1. The van der Waals surface area contributed by atoms with Crippen molar-refractivity contribution in [1.82, 2.24) is 10.0 Å². The van der Waals surface area contributed by atoms with E-state index < -0.39 is 19.9 Å². The van der Waals surface area contributed by atoms with Crippen LogP contribution in [0.15, 0.2) is 34.1 Å². The van der Waals surface area contributed by atoms with Crippen LogP contribution in [0.1, 0.15) is 20.8 Å². The zero-order valence-corrected chi connectivity index (χ0v) is 14.1. The van der Waals surface area contributed by atoms with Crippen molar-refractivity contribution in [2.75, 3.05) is 18.8 Å². The van der Waals surface area contributed by atoms with Gasteiger partial charge in [-0.2, -0.15) is 0 Å². The predicted octanol–water partition coefficient (Wildman–Crippen LogP) is 0.757. The molecule has 8 heteroatoms. The highest BCUT2D eigenvalue weighted by atomic mass is 32.2. The van der Waals surface area contributed by atoms with Gasteiger partial charge in [-0.25, -0.2) is 21.6 Å². The summed E-state index contributed by atoms with van der Waals surface area (Å²) in [6.07, 6.45) is 0. The van der Waals surface area contributed by atoms with Crippen LogP contribution in [0.25, 0.3) is 0 Å². The molecule has 1 aromatic carbocycles. The molecule has 0 spiro atoms. The molecule has 0 radical (unpaired) electrons. The minimum absolute atomic E-state index is 0.00710. The molecular formula is C13H22N2O4S2. The summed E-state index contributed by atoms with van der Waals surface area (Å²) in [5, 5.41) is 3.09. The summed E-state index contributed by atoms with van der Waals surface area (Å²) in [6, 6.07) is 5.41. The van der Waals surface area contributed by atoms with E-state index in [0.29, 0.717) is 0 Å². The van der Waals surface area contributed by atoms with E-state index >= 15 is 0 Å². The van der Waals surface area contributed by atoms with Gasteiger partial charge in [-0.3, -0.25) is 0 Å². The van der Waals surface area contributed by atoms with Gasteiger partial charge in [-0.05, 0) is 31.7 Å². The molecule has 6 nitrogen and oxygen atoms in total. The van der Waals surface area contributed by atoms with Gasteiger partial charge in [0.15, 0.2) is 9.84 Å². The Morgan fingerprint density at radius 2 is 1.71 bits per heavy atom. The maximum Gasteiger partial charge on any atom is 0.240 e. The molecule has 0 aliphatic heterocycles. The van der Waals surface area contributed by atoms with Gasteiger partial charge in [-0.1, -0.05) is 19.9 Å². The van der Waals surface area contributed by atoms with Crippen LogP contribution in [0.3, 0.4) is 0 Å². The van der Waals surface area contributed by atoms with Crippen LogP contribution in [0.4, 0.5) is 0 Å². The van der Waals surface area contributed by atoms with Crippen LogP contribution in [0.2, 0.25) is 0 Å². The molecule has 0 heterocycles. The molecule has 2 N–H and O–H groups in total. The average Bonchev–Trinajstić information content (AvgIpc) is 2.46. The number of rotatable bonds is 8. The van der Waals surface area contributed by atoms with Crippen molar-refractivity contribution >= 4 is 19.9 Å². The van der Waals surface area contributed by atoms with Crippen LogP contribution in [0, 0.1) is 0 Å². The second-order valence-electron chi connectivity index (χ2n) is 4.69. The molecule has 0 bridgehead atoms. The van der Waals surface area contributed by atoms with E-state index in [1.807, 2.05) is 13.8 Å². The third-order valence-corrected chi connectivity index (χ3v) is 6.14. The number of likely N-dealkylation sites (N-methyl/N-ethyl adjacent to an activating group) is 1. The number of hydrogen-bond acceptors (Lipinski definition) is 5. The summed E-state index contributed by atoms with van der Waals surface area (Å²) in [5.41, 5.74) is 0. The van der Waals surface area contributed by atoms with Crippen molar-refractivity contribution in [1.29, 1.82) is 0 Å². The third kappa shape index (κ3) is 5.06. The lowest BCUT2D eigenvalue weighted by Crippen LogP contribution is -2.38. The van der Waals surface area contributed by atoms with Gasteiger partial charge in [-0.15, -0.1) is 0 Å². The number of sulfone groups is 1. The highest BCUT2D eigenvalue weighted by Gasteiger charge is 2.18. The van der Waals surface area contributed by atoms with Crippen molar-refractivity contribution in [2.45, 2.75) is 36.6 Å². The molecule has 0 aliphatic rings. The first-order chi connectivity index (χ1) is 9.73. The maximum absolute atomic E-state index is 12.2. The molecule has 21 heavy (non-hydrogen) atoms. The van der Waals surface area contributed by atoms with Crippen LogP contribution in [0.5, 0.6) is 0 Å². The fourth-order valence-corrected chi connectivity index (χ4v) is 3.92. The van der Waals surface area contributed by atoms with E-state index in [2.05, 4.69) is 10.0 Å². The Labute approximate surface area is 126 Å². The average molecular weight is 334 g/mol. The Morgan fingerprint density at radius 1 is 1.10 bits per heavy atom. The molecule has 0 amide bonds. The third-order valence-electron chi connectivity index (χ3n) is 2.99. The highest BCUT2D eigenvalue weighted by molar-refractivity contribution is 7.91. The van der Waals surface area contributed by atoms with Crippen molar-refractivity contribution in [3.63, 3.8) is 0 Å². The van der Waals surface area contributed by atoms with E-state index in [0.717, 1.165) is 6.54 Å². The summed E-state index contributed by atoms with van der Waals surface area (Å²) in [4.78, 5) is -0.0201. The topological polar surface area (TPSA) is 92.3 Å². The first-order valence-corrected chi connectivity index (χ1v) is 9.92. The monoisotopic (exact) mass is 334 g/mol. The summed E-state index contributed by atoms with van der Waals surface area (Å²) in [6.45, 7) is 6.30. The lowest BCUT2D eigenvalue weighted by Gasteiger charge is -2.14. The molecule has 0 fully saturated rings. The Morgan fingerprint density at radius 3 is 2.29 bits per heavy atom. The van der Waals surface area contributed by atoms with E-state index in [1.165, 1.54) is 31.2 Å². The molecule has 1 rings (SSSR count). The summed E-state index contributed by atoms with van der Waals surface area (Å²) < 4.78 is 50.4. The van der Waals surface area contributed by atoms with Gasteiger partial charge < -0.3 is 5.32 Å². The Kier molecular flexibility index (Phi) is 6.33. The quantitative estimate of drug-likeness (QED) is 0.732. The molecule has 120 valence electrons. The molecular weight excluding hydrogens is 312 g/mol. The number of sulfonamides is 1. The van der Waals surface area contributed by atoms with Crippen molar-refractivity contribution < 1.29 is 16.8 Å². The standard InChI is InChI=1S/C13H22N2O4S2/c1-4-14-11(3)10-15-21(18,19)13-8-6-7-12(9-13)20(16,17)5-2/h6-9,11,14-15H,4-5,10H2,1-3H3/t11-/m1/s1. The first-order valence-electron chi connectivity index (χ1n) is 6.78. The number of benzene rings is 1. The van der Waals surface area contributed by atoms with Gasteiger partial charge in [0.2, 0.25) is 10.0 Å². The number of hydrogen-bond donors (Lipinski definition) is 2. The smallest absolute Gasteiger partial charge is 0.240 e. The van der Waals surface area contributed by atoms with Gasteiger partial charge in [0, 0.05) is 12.6 Å². The fraction of sp³-hybridized carbons (Fsp3) is 0.538. The van der Waals surface area contributed by atoms with Crippen LogP contribution < -0.4 is 10.0 Å². The van der Waals surface area contributed by atoms with Crippen molar-refractivity contribution in [3.8, 4) is 0 Å². The van der Waals surface area contributed by atoms with Gasteiger partial charge >= 0.3 is 0 Å². The summed E-state index contributed by atoms with van der Waals surface area (Å²) in [7, 11) is -7.14. The van der Waals surface area contributed by atoms with Crippen LogP contribution in [-0.2, 0) is 19.9 Å². The Bertz CT molecular complexity index is 669. The lowest BCUT2D eigenvalue weighted by molar-refractivity contribution is 0.536. The SMILES string of the molecule is CCN[C@H](C)CNS(=O)(=O)c1cccc(S(=O)(=O)CC)c1. The Balaban J connectivity index is 2.97. The van der Waals surface area contributed by atoms with Crippen molar-refractivity contribution in [2.24, 2.45) is 0 Å². The molecule has 0 saturated heterocycles. The highest BCUT2D eigenvalue weighted by Crippen LogP contribution is 2.16. The largest absolute Gasteiger partial charge is 0.313 e. The molecule has 1 atom stereocenters. The minimum atomic E-state index is -3.72. The molecule has 1 aromatic rings. The maximum atomic E-state index is 12.2. The molecule has 0 aliphatic carbocycles. The van der Waals surface area contributed by atoms with Gasteiger partial charge in [0.05, 0.1) is 15.5 Å². The normalized spacial score (nSPS) is 14.0. The minimum Gasteiger partial charge on any atom is -0.313 e. The predicted molar refractivity (Wildman–Crippen MR) is 82.5 cm³/mol. The molecule has 0 aromatic heterocycles. The fourth-order valence-electron chi connectivity index (χ4n) is 1.74. The van der Waals surface area contributed by atoms with Crippen LogP contribution in [-0.4, -0.2) is 41.7 Å². The zero-order chi connectivity index (χ0) is 16.1. The van der Waals surface area contributed by atoms with Gasteiger partial charge in [0.1, 0.15) is 0 Å². The summed E-state index contributed by atoms with van der Waals surface area (Å²) in [5.74, 6) is -0.0681. The molecule has 0 unspecified atom stereocenters. The lowest BCUT2D eigenvalue weighted by atomic mass is 10.3.